The molecule has 0 radical (unpaired) electrons. The van der Waals surface area contributed by atoms with E-state index in [1.54, 1.807) is 6.07 Å². The smallest absolute Gasteiger partial charge is 0.316 e. The number of ether oxygens (including phenoxy) is 1. The van der Waals surface area contributed by atoms with Crippen LogP contribution in [0.4, 0.5) is 5.69 Å². The topological polar surface area (TPSA) is 73.8 Å². The molecule has 2 aromatic carbocycles. The molecule has 0 spiro atoms. The summed E-state index contributed by atoms with van der Waals surface area (Å²) in [5.41, 5.74) is 5.56. The van der Waals surface area contributed by atoms with Crippen LogP contribution in [0.2, 0.25) is 0 Å². The minimum Gasteiger partial charge on any atom is -0.508 e. The minimum absolute atomic E-state index is 0.158. The molecule has 0 amide bonds. The summed E-state index contributed by atoms with van der Waals surface area (Å²) in [6.45, 7) is 4.52. The van der Waals surface area contributed by atoms with E-state index in [9.17, 15) is 5.11 Å². The highest BCUT2D eigenvalue weighted by atomic mass is 16.5. The lowest BCUT2D eigenvalue weighted by Crippen LogP contribution is -2.43. The Labute approximate surface area is 242 Å². The van der Waals surface area contributed by atoms with E-state index >= 15 is 0 Å². The number of benzene rings is 2. The van der Waals surface area contributed by atoms with E-state index in [1.807, 2.05) is 24.3 Å². The number of nitrogens with zero attached hydrogens (tertiary/aromatic N) is 4. The van der Waals surface area contributed by atoms with Crippen molar-refractivity contribution in [2.24, 2.45) is 0 Å². The van der Waals surface area contributed by atoms with E-state index in [4.69, 9.17) is 21.1 Å². The van der Waals surface area contributed by atoms with Gasteiger partial charge in [-0.1, -0.05) is 18.1 Å². The van der Waals surface area contributed by atoms with Gasteiger partial charge in [0.2, 0.25) is 0 Å². The van der Waals surface area contributed by atoms with E-state index < -0.39 is 0 Å². The van der Waals surface area contributed by atoms with Crippen LogP contribution in [0.1, 0.15) is 79.8 Å². The summed E-state index contributed by atoms with van der Waals surface area (Å²) in [6.07, 6.45) is 16.5. The number of aromatic nitrogens is 2. The first-order valence-corrected chi connectivity index (χ1v) is 15.6. The predicted molar refractivity (Wildman–Crippen MR) is 161 cm³/mol. The number of phenolic OH excluding ortho intramolecular Hbond substituents is 1. The molecule has 4 fully saturated rings. The highest BCUT2D eigenvalue weighted by Crippen LogP contribution is 2.42. The van der Waals surface area contributed by atoms with Gasteiger partial charge in [0.1, 0.15) is 12.4 Å². The molecule has 2 N–H and O–H groups in total. The van der Waals surface area contributed by atoms with Gasteiger partial charge in [0.05, 0.1) is 23.5 Å². The number of fused-ring (bicyclic) bond motifs is 5. The van der Waals surface area contributed by atoms with Crippen molar-refractivity contribution in [2.75, 3.05) is 31.1 Å². The first-order chi connectivity index (χ1) is 20.1. The molecule has 7 heteroatoms. The van der Waals surface area contributed by atoms with Crippen molar-refractivity contribution in [3.8, 4) is 24.1 Å². The Morgan fingerprint density at radius 1 is 1.07 bits per heavy atom. The van der Waals surface area contributed by atoms with Crippen molar-refractivity contribution in [1.82, 2.24) is 20.2 Å². The monoisotopic (exact) mass is 549 g/mol. The van der Waals surface area contributed by atoms with Crippen LogP contribution in [0.15, 0.2) is 30.3 Å². The van der Waals surface area contributed by atoms with Crippen LogP contribution in [0.25, 0.3) is 10.8 Å². The lowest BCUT2D eigenvalue weighted by Gasteiger charge is -2.35. The maximum absolute atomic E-state index is 10.6. The molecule has 0 saturated carbocycles. The molecule has 6 heterocycles. The molecule has 5 aliphatic rings. The number of anilines is 1. The number of terminal acetylenes is 1. The second-order valence-electron chi connectivity index (χ2n) is 13.0. The molecule has 5 aliphatic heterocycles. The first kappa shape index (κ1) is 25.4. The van der Waals surface area contributed by atoms with Crippen LogP contribution < -0.4 is 15.0 Å². The second-order valence-corrected chi connectivity index (χ2v) is 13.0. The van der Waals surface area contributed by atoms with Gasteiger partial charge in [0.25, 0.3) is 0 Å². The molecule has 2 bridgehead atoms. The lowest BCUT2D eigenvalue weighted by molar-refractivity contribution is 0.107. The molecule has 0 unspecified atom stereocenters. The van der Waals surface area contributed by atoms with Gasteiger partial charge in [-0.25, -0.2) is 0 Å². The zero-order valence-electron chi connectivity index (χ0n) is 23.7. The highest BCUT2D eigenvalue weighted by Gasteiger charge is 2.45. The summed E-state index contributed by atoms with van der Waals surface area (Å²) in [6, 6.07) is 11.3. The Bertz CT molecular complexity index is 1520. The fourth-order valence-corrected chi connectivity index (χ4v) is 8.74. The van der Waals surface area contributed by atoms with Gasteiger partial charge in [-0.2, -0.15) is 9.97 Å². The first-order valence-electron chi connectivity index (χ1n) is 15.6. The zero-order chi connectivity index (χ0) is 27.6. The molecule has 8 rings (SSSR count). The molecule has 212 valence electrons. The number of rotatable bonds is 5. The molecule has 3 atom stereocenters. The molecular formula is C34H39N5O2. The standard InChI is InChI=1S/C34H39N5O2/c1-2-22-6-3-7-23-18-27(40)19-30(31(22)23)38-15-10-28-29(20-38)36-33(41-21-34-11-4-13-39(34)14-5-12-34)37-32(28)24-16-25-8-9-26(17-24)35-25/h1,3,6-7,18-19,24-26,35,40H,4-5,8-17,20-21H2/t24-,25-,26+. The SMILES string of the molecule is C#Cc1cccc2cc(O)cc(N3CCc4c(nc(OCC56CCCN5CCC6)nc4[C@@H]4C[C@H]5CC[C@@H](C4)N5)C3)c12. The summed E-state index contributed by atoms with van der Waals surface area (Å²) in [7, 11) is 0. The van der Waals surface area contributed by atoms with E-state index in [2.05, 4.69) is 21.0 Å². The number of phenols is 1. The number of aromatic hydroxyl groups is 1. The maximum Gasteiger partial charge on any atom is 0.316 e. The Balaban J connectivity index is 1.16. The van der Waals surface area contributed by atoms with Crippen molar-refractivity contribution in [3.05, 3.63) is 52.8 Å². The summed E-state index contributed by atoms with van der Waals surface area (Å²) in [4.78, 5) is 15.3. The fourth-order valence-electron chi connectivity index (χ4n) is 8.74. The van der Waals surface area contributed by atoms with Crippen LogP contribution in [0, 0.1) is 12.3 Å². The average molecular weight is 550 g/mol. The van der Waals surface area contributed by atoms with E-state index in [0.29, 0.717) is 37.2 Å². The number of nitrogens with one attached hydrogen (secondary N) is 1. The normalized spacial score (nSPS) is 26.6. The van der Waals surface area contributed by atoms with E-state index in [0.717, 1.165) is 53.5 Å². The third-order valence-electron chi connectivity index (χ3n) is 10.7. The molecule has 41 heavy (non-hydrogen) atoms. The Hall–Kier alpha value is -3.34. The highest BCUT2D eigenvalue weighted by molar-refractivity contribution is 6.00. The summed E-state index contributed by atoms with van der Waals surface area (Å²) in [5, 5.41) is 16.4. The average Bonchev–Trinajstić information content (AvgIpc) is 3.68. The van der Waals surface area contributed by atoms with Gasteiger partial charge in [0.15, 0.2) is 0 Å². The van der Waals surface area contributed by atoms with Crippen LogP contribution in [0.5, 0.6) is 11.8 Å². The van der Waals surface area contributed by atoms with Crippen LogP contribution >= 0.6 is 0 Å². The van der Waals surface area contributed by atoms with Gasteiger partial charge in [-0.3, -0.25) is 4.90 Å². The lowest BCUT2D eigenvalue weighted by atomic mass is 9.85. The largest absolute Gasteiger partial charge is 0.508 e. The van der Waals surface area contributed by atoms with Crippen LogP contribution in [-0.2, 0) is 13.0 Å². The molecule has 7 nitrogen and oxygen atoms in total. The fraction of sp³-hybridized carbons (Fsp3) is 0.529. The summed E-state index contributed by atoms with van der Waals surface area (Å²) >= 11 is 0. The zero-order valence-corrected chi connectivity index (χ0v) is 23.7. The number of hydrogen-bond donors (Lipinski definition) is 2. The van der Waals surface area contributed by atoms with Crippen molar-refractivity contribution < 1.29 is 9.84 Å². The van der Waals surface area contributed by atoms with Gasteiger partial charge in [-0.15, -0.1) is 6.42 Å². The Morgan fingerprint density at radius 3 is 2.66 bits per heavy atom. The van der Waals surface area contributed by atoms with Crippen LogP contribution in [0.3, 0.4) is 0 Å². The number of piperidine rings is 1. The van der Waals surface area contributed by atoms with Gasteiger partial charge in [-0.05, 0) is 94.0 Å². The summed E-state index contributed by atoms with van der Waals surface area (Å²) < 4.78 is 6.56. The second kappa shape index (κ2) is 9.89. The quantitative estimate of drug-likeness (QED) is 0.439. The van der Waals surface area contributed by atoms with Crippen LogP contribution in [-0.4, -0.2) is 63.8 Å². The third kappa shape index (κ3) is 4.35. The molecule has 3 aromatic rings. The van der Waals surface area contributed by atoms with E-state index in [-0.39, 0.29) is 11.3 Å². The molecular weight excluding hydrogens is 510 g/mol. The number of hydrogen-bond acceptors (Lipinski definition) is 7. The van der Waals surface area contributed by atoms with Gasteiger partial charge < -0.3 is 20.1 Å². The van der Waals surface area contributed by atoms with Crippen molar-refractivity contribution in [3.63, 3.8) is 0 Å². The van der Waals surface area contributed by atoms with Crippen molar-refractivity contribution >= 4 is 16.5 Å². The van der Waals surface area contributed by atoms with Crippen molar-refractivity contribution in [1.29, 1.82) is 0 Å². The molecule has 1 aromatic heterocycles. The predicted octanol–water partition coefficient (Wildman–Crippen LogP) is 4.88. The van der Waals surface area contributed by atoms with E-state index in [1.165, 1.54) is 62.9 Å². The molecule has 4 saturated heterocycles. The molecule has 0 aliphatic carbocycles. The van der Waals surface area contributed by atoms with Crippen molar-refractivity contribution in [2.45, 2.75) is 87.9 Å². The Kier molecular flexibility index (Phi) is 6.12. The maximum atomic E-state index is 10.6. The Morgan fingerprint density at radius 2 is 1.88 bits per heavy atom. The van der Waals surface area contributed by atoms with Gasteiger partial charge >= 0.3 is 6.01 Å². The summed E-state index contributed by atoms with van der Waals surface area (Å²) in [5.74, 6) is 3.56. The van der Waals surface area contributed by atoms with Gasteiger partial charge in [0, 0.05) is 47.2 Å². The third-order valence-corrected chi connectivity index (χ3v) is 10.7. The minimum atomic E-state index is 0.158.